The molecule has 3 atom stereocenters. The smallest absolute Gasteiger partial charge is 0.251 e. The summed E-state index contributed by atoms with van der Waals surface area (Å²) in [6.45, 7) is 4.18. The quantitative estimate of drug-likeness (QED) is 0.796. The van der Waals surface area contributed by atoms with Gasteiger partial charge in [0.15, 0.2) is 0 Å². The molecule has 2 rings (SSSR count). The first-order valence-electron chi connectivity index (χ1n) is 7.96. The minimum Gasteiger partial charge on any atom is -0.388 e. The highest BCUT2D eigenvalue weighted by Crippen LogP contribution is 2.16. The fraction of sp³-hybridized carbons (Fsp3) is 0.588. The summed E-state index contributed by atoms with van der Waals surface area (Å²) in [5, 5.41) is 13.2. The Bertz CT molecular complexity index is 466. The van der Waals surface area contributed by atoms with Crippen molar-refractivity contribution in [3.63, 3.8) is 0 Å². The number of aliphatic hydroxyl groups is 1. The van der Waals surface area contributed by atoms with E-state index in [0.29, 0.717) is 18.7 Å². The van der Waals surface area contributed by atoms with Gasteiger partial charge in [0.2, 0.25) is 0 Å². The van der Waals surface area contributed by atoms with E-state index < -0.39 is 6.10 Å². The van der Waals surface area contributed by atoms with Crippen molar-refractivity contribution in [1.82, 2.24) is 10.2 Å². The Morgan fingerprint density at radius 3 is 2.82 bits per heavy atom. The molecule has 2 N–H and O–H groups in total. The van der Waals surface area contributed by atoms with Crippen LogP contribution in [-0.4, -0.2) is 60.9 Å². The molecule has 1 saturated heterocycles. The maximum absolute atomic E-state index is 12.1. The SMILES string of the molecule is CCCCN(C)CC1OCC(NC(=O)c2ccccc2)C1O. The maximum atomic E-state index is 12.1. The molecule has 3 unspecified atom stereocenters. The van der Waals surface area contributed by atoms with Crippen LogP contribution in [0.4, 0.5) is 0 Å². The van der Waals surface area contributed by atoms with Gasteiger partial charge in [-0.25, -0.2) is 0 Å². The highest BCUT2D eigenvalue weighted by atomic mass is 16.5. The molecule has 0 spiro atoms. The monoisotopic (exact) mass is 306 g/mol. The fourth-order valence-electron chi connectivity index (χ4n) is 2.64. The molecule has 1 aliphatic rings. The summed E-state index contributed by atoms with van der Waals surface area (Å²) in [6.07, 6.45) is 1.36. The van der Waals surface area contributed by atoms with Crippen molar-refractivity contribution in [3.8, 4) is 0 Å². The zero-order valence-corrected chi connectivity index (χ0v) is 13.4. The third kappa shape index (κ3) is 4.53. The second-order valence-electron chi connectivity index (χ2n) is 5.92. The van der Waals surface area contributed by atoms with Gasteiger partial charge in [0, 0.05) is 12.1 Å². The van der Waals surface area contributed by atoms with Crippen LogP contribution in [0, 0.1) is 0 Å². The second-order valence-corrected chi connectivity index (χ2v) is 5.92. The van der Waals surface area contributed by atoms with Gasteiger partial charge in [0.1, 0.15) is 6.10 Å². The van der Waals surface area contributed by atoms with E-state index in [0.717, 1.165) is 19.4 Å². The summed E-state index contributed by atoms with van der Waals surface area (Å²) in [5.41, 5.74) is 0.596. The third-order valence-electron chi connectivity index (χ3n) is 4.02. The molecule has 1 aromatic carbocycles. The van der Waals surface area contributed by atoms with Gasteiger partial charge in [-0.3, -0.25) is 4.79 Å². The van der Waals surface area contributed by atoms with Crippen molar-refractivity contribution in [2.45, 2.75) is 38.0 Å². The molecule has 1 fully saturated rings. The minimum absolute atomic E-state index is 0.173. The van der Waals surface area contributed by atoms with Gasteiger partial charge < -0.3 is 20.1 Å². The predicted octanol–water partition coefficient (Wildman–Crippen LogP) is 1.28. The summed E-state index contributed by atoms with van der Waals surface area (Å²) in [4.78, 5) is 14.3. The topological polar surface area (TPSA) is 61.8 Å². The Hall–Kier alpha value is -1.43. The van der Waals surface area contributed by atoms with Crippen LogP contribution in [-0.2, 0) is 4.74 Å². The van der Waals surface area contributed by atoms with Crippen molar-refractivity contribution >= 4 is 5.91 Å². The number of carbonyl (C=O) groups excluding carboxylic acids is 1. The fourth-order valence-corrected chi connectivity index (χ4v) is 2.64. The van der Waals surface area contributed by atoms with E-state index in [4.69, 9.17) is 4.74 Å². The van der Waals surface area contributed by atoms with Crippen LogP contribution in [0.3, 0.4) is 0 Å². The van der Waals surface area contributed by atoms with Crippen LogP contribution in [0.15, 0.2) is 30.3 Å². The first-order valence-corrected chi connectivity index (χ1v) is 7.96. The molecule has 122 valence electrons. The van der Waals surface area contributed by atoms with E-state index in [2.05, 4.69) is 17.1 Å². The number of amides is 1. The first kappa shape index (κ1) is 16.9. The molecule has 0 aliphatic carbocycles. The number of hydrogen-bond donors (Lipinski definition) is 2. The zero-order valence-electron chi connectivity index (χ0n) is 13.4. The Labute approximate surface area is 132 Å². The molecule has 1 amide bonds. The highest BCUT2D eigenvalue weighted by Gasteiger charge is 2.37. The largest absolute Gasteiger partial charge is 0.388 e. The van der Waals surface area contributed by atoms with Crippen molar-refractivity contribution in [2.75, 3.05) is 26.7 Å². The van der Waals surface area contributed by atoms with Gasteiger partial charge in [-0.05, 0) is 32.1 Å². The summed E-state index contributed by atoms with van der Waals surface area (Å²) >= 11 is 0. The molecule has 5 nitrogen and oxygen atoms in total. The number of likely N-dealkylation sites (N-methyl/N-ethyl adjacent to an activating group) is 1. The lowest BCUT2D eigenvalue weighted by Gasteiger charge is -2.23. The van der Waals surface area contributed by atoms with Gasteiger partial charge in [-0.2, -0.15) is 0 Å². The molecule has 22 heavy (non-hydrogen) atoms. The molecule has 0 saturated carbocycles. The van der Waals surface area contributed by atoms with Crippen LogP contribution >= 0.6 is 0 Å². The summed E-state index contributed by atoms with van der Waals surface area (Å²) < 4.78 is 5.66. The number of benzene rings is 1. The van der Waals surface area contributed by atoms with Crippen LogP contribution in [0.1, 0.15) is 30.1 Å². The molecule has 0 aromatic heterocycles. The second kappa shape index (κ2) is 8.27. The van der Waals surface area contributed by atoms with Crippen LogP contribution < -0.4 is 5.32 Å². The van der Waals surface area contributed by atoms with E-state index in [1.165, 1.54) is 0 Å². The average Bonchev–Trinajstić information content (AvgIpc) is 2.87. The number of unbranched alkanes of at least 4 members (excludes halogenated alkanes) is 1. The van der Waals surface area contributed by atoms with Crippen LogP contribution in [0.5, 0.6) is 0 Å². The van der Waals surface area contributed by atoms with Crippen molar-refractivity contribution in [3.05, 3.63) is 35.9 Å². The number of nitrogens with zero attached hydrogens (tertiary/aromatic N) is 1. The number of nitrogens with one attached hydrogen (secondary N) is 1. The lowest BCUT2D eigenvalue weighted by atomic mass is 10.1. The Morgan fingerprint density at radius 2 is 2.14 bits per heavy atom. The van der Waals surface area contributed by atoms with Crippen LogP contribution in [0.2, 0.25) is 0 Å². The third-order valence-corrected chi connectivity index (χ3v) is 4.02. The maximum Gasteiger partial charge on any atom is 0.251 e. The first-order chi connectivity index (χ1) is 10.6. The highest BCUT2D eigenvalue weighted by molar-refractivity contribution is 5.94. The molecule has 1 aliphatic heterocycles. The van der Waals surface area contributed by atoms with Crippen molar-refractivity contribution in [2.24, 2.45) is 0 Å². The van der Waals surface area contributed by atoms with E-state index in [9.17, 15) is 9.90 Å². The predicted molar refractivity (Wildman–Crippen MR) is 85.8 cm³/mol. The van der Waals surface area contributed by atoms with E-state index in [-0.39, 0.29) is 18.1 Å². The normalized spacial score (nSPS) is 24.6. The van der Waals surface area contributed by atoms with Crippen molar-refractivity contribution in [1.29, 1.82) is 0 Å². The summed E-state index contributed by atoms with van der Waals surface area (Å²) in [6, 6.07) is 8.68. The molecular formula is C17H26N2O3. The molecule has 0 bridgehead atoms. The Balaban J connectivity index is 1.83. The van der Waals surface area contributed by atoms with E-state index >= 15 is 0 Å². The lowest BCUT2D eigenvalue weighted by Crippen LogP contribution is -2.46. The number of rotatable bonds is 7. The minimum atomic E-state index is -0.670. The van der Waals surface area contributed by atoms with Gasteiger partial charge >= 0.3 is 0 Å². The van der Waals surface area contributed by atoms with Gasteiger partial charge in [-0.1, -0.05) is 31.5 Å². The molecule has 5 heteroatoms. The number of aliphatic hydroxyl groups excluding tert-OH is 1. The van der Waals surface area contributed by atoms with Gasteiger partial charge in [0.25, 0.3) is 5.91 Å². The summed E-state index contributed by atoms with van der Waals surface area (Å²) in [5.74, 6) is -0.173. The Kier molecular flexibility index (Phi) is 6.36. The Morgan fingerprint density at radius 1 is 1.41 bits per heavy atom. The number of carbonyl (C=O) groups is 1. The zero-order chi connectivity index (χ0) is 15.9. The lowest BCUT2D eigenvalue weighted by molar-refractivity contribution is 0.0199. The number of ether oxygens (including phenoxy) is 1. The van der Waals surface area contributed by atoms with Gasteiger partial charge in [0.05, 0.1) is 18.8 Å². The van der Waals surface area contributed by atoms with Gasteiger partial charge in [-0.15, -0.1) is 0 Å². The summed E-state index contributed by atoms with van der Waals surface area (Å²) in [7, 11) is 2.03. The standard InChI is InChI=1S/C17H26N2O3/c1-3-4-10-19(2)11-15-16(20)14(12-22-15)18-17(21)13-8-6-5-7-9-13/h5-9,14-16,20H,3-4,10-12H2,1-2H3,(H,18,21). The molecule has 1 aromatic rings. The van der Waals surface area contributed by atoms with E-state index in [1.807, 2.05) is 25.2 Å². The molecule has 1 heterocycles. The van der Waals surface area contributed by atoms with Crippen molar-refractivity contribution < 1.29 is 14.6 Å². The average molecular weight is 306 g/mol. The van der Waals surface area contributed by atoms with Crippen LogP contribution in [0.25, 0.3) is 0 Å². The van der Waals surface area contributed by atoms with E-state index in [1.54, 1.807) is 12.1 Å². The molecule has 0 radical (unpaired) electrons. The molecular weight excluding hydrogens is 280 g/mol. The number of hydrogen-bond acceptors (Lipinski definition) is 4.